The Morgan fingerprint density at radius 1 is 1.54 bits per heavy atom. The van der Waals surface area contributed by atoms with Gasteiger partial charge in [0.25, 0.3) is 0 Å². The maximum atomic E-state index is 11.7. The van der Waals surface area contributed by atoms with E-state index in [1.807, 2.05) is 0 Å². The van der Waals surface area contributed by atoms with Crippen LogP contribution in [0.15, 0.2) is 12.3 Å². The van der Waals surface area contributed by atoms with Crippen LogP contribution >= 0.6 is 0 Å². The van der Waals surface area contributed by atoms with Crippen molar-refractivity contribution in [3.8, 4) is 11.9 Å². The summed E-state index contributed by atoms with van der Waals surface area (Å²) in [5.74, 6) is -0.201. The molecular formula is C7H8F2N2O2. The zero-order valence-corrected chi connectivity index (χ0v) is 6.91. The number of aromatic nitrogens is 2. The van der Waals surface area contributed by atoms with E-state index in [0.717, 1.165) is 0 Å². The molecular weight excluding hydrogens is 182 g/mol. The van der Waals surface area contributed by atoms with E-state index in [2.05, 4.69) is 14.7 Å². The van der Waals surface area contributed by atoms with Gasteiger partial charge in [-0.1, -0.05) is 0 Å². The van der Waals surface area contributed by atoms with Gasteiger partial charge in [-0.2, -0.15) is 13.8 Å². The molecule has 0 aliphatic heterocycles. The van der Waals surface area contributed by atoms with Gasteiger partial charge in [-0.3, -0.25) is 0 Å². The van der Waals surface area contributed by atoms with E-state index in [9.17, 15) is 8.78 Å². The van der Waals surface area contributed by atoms with E-state index >= 15 is 0 Å². The van der Waals surface area contributed by atoms with Crippen LogP contribution in [0.3, 0.4) is 0 Å². The summed E-state index contributed by atoms with van der Waals surface area (Å²) >= 11 is 0. The number of alkyl halides is 2. The lowest BCUT2D eigenvalue weighted by molar-refractivity contribution is -0.0532. The first-order chi connectivity index (χ1) is 6.22. The molecule has 0 radical (unpaired) electrons. The van der Waals surface area contributed by atoms with Crippen molar-refractivity contribution in [3.05, 3.63) is 12.3 Å². The summed E-state index contributed by atoms with van der Waals surface area (Å²) in [6.07, 6.45) is 1.29. The van der Waals surface area contributed by atoms with E-state index in [1.165, 1.54) is 12.3 Å². The normalized spacial score (nSPS) is 10.2. The summed E-state index contributed by atoms with van der Waals surface area (Å²) in [7, 11) is 0. The first-order valence-corrected chi connectivity index (χ1v) is 3.63. The Balaban J connectivity index is 2.67. The Morgan fingerprint density at radius 3 is 2.92 bits per heavy atom. The fraction of sp³-hybridized carbons (Fsp3) is 0.429. The largest absolute Gasteiger partial charge is 0.464 e. The van der Waals surface area contributed by atoms with Gasteiger partial charge in [-0.25, -0.2) is 4.98 Å². The minimum atomic E-state index is -2.88. The molecule has 0 aromatic carbocycles. The fourth-order valence-electron chi connectivity index (χ4n) is 0.681. The van der Waals surface area contributed by atoms with Crippen molar-refractivity contribution in [2.45, 2.75) is 13.5 Å². The van der Waals surface area contributed by atoms with E-state index in [1.54, 1.807) is 6.92 Å². The van der Waals surface area contributed by atoms with Crippen molar-refractivity contribution in [1.82, 2.24) is 9.97 Å². The van der Waals surface area contributed by atoms with Gasteiger partial charge in [0, 0.05) is 12.3 Å². The SMILES string of the molecule is CCOc1nccc(OC(F)F)n1. The molecule has 1 aromatic heterocycles. The predicted octanol–water partition coefficient (Wildman–Crippen LogP) is 1.48. The van der Waals surface area contributed by atoms with Crippen molar-refractivity contribution in [3.63, 3.8) is 0 Å². The molecule has 0 amide bonds. The summed E-state index contributed by atoms with van der Waals surface area (Å²) < 4.78 is 32.3. The van der Waals surface area contributed by atoms with Crippen LogP contribution in [-0.4, -0.2) is 23.2 Å². The molecule has 4 nitrogen and oxygen atoms in total. The van der Waals surface area contributed by atoms with Crippen molar-refractivity contribution in [1.29, 1.82) is 0 Å². The standard InChI is InChI=1S/C7H8F2N2O2/c1-2-12-7-10-4-3-5(11-7)13-6(8)9/h3-4,6H,2H2,1H3. The highest BCUT2D eigenvalue weighted by Gasteiger charge is 2.06. The van der Waals surface area contributed by atoms with E-state index in [0.29, 0.717) is 6.61 Å². The van der Waals surface area contributed by atoms with E-state index in [4.69, 9.17) is 4.74 Å². The molecule has 6 heteroatoms. The maximum Gasteiger partial charge on any atom is 0.388 e. The van der Waals surface area contributed by atoms with Crippen LogP contribution in [-0.2, 0) is 0 Å². The highest BCUT2D eigenvalue weighted by atomic mass is 19.3. The number of ether oxygens (including phenoxy) is 2. The van der Waals surface area contributed by atoms with Crippen molar-refractivity contribution < 1.29 is 18.3 Å². The Morgan fingerprint density at radius 2 is 2.31 bits per heavy atom. The number of hydrogen-bond acceptors (Lipinski definition) is 4. The van der Waals surface area contributed by atoms with Gasteiger partial charge in [0.15, 0.2) is 0 Å². The topological polar surface area (TPSA) is 44.2 Å². The molecule has 0 N–H and O–H groups in total. The third-order valence-electron chi connectivity index (χ3n) is 1.09. The molecule has 1 rings (SSSR count). The third-order valence-corrected chi connectivity index (χ3v) is 1.09. The Kier molecular flexibility index (Phi) is 3.36. The van der Waals surface area contributed by atoms with Crippen LogP contribution in [0.4, 0.5) is 8.78 Å². The van der Waals surface area contributed by atoms with Crippen LogP contribution in [0.25, 0.3) is 0 Å². The molecule has 0 fully saturated rings. The Labute approximate surface area is 73.5 Å². The zero-order valence-electron chi connectivity index (χ0n) is 6.91. The third kappa shape index (κ3) is 3.18. The summed E-state index contributed by atoms with van der Waals surface area (Å²) in [5.41, 5.74) is 0. The zero-order chi connectivity index (χ0) is 9.68. The molecule has 1 heterocycles. The minimum Gasteiger partial charge on any atom is -0.464 e. The van der Waals surface area contributed by atoms with Crippen LogP contribution in [0.5, 0.6) is 11.9 Å². The van der Waals surface area contributed by atoms with Gasteiger partial charge in [0.1, 0.15) is 0 Å². The molecule has 0 spiro atoms. The van der Waals surface area contributed by atoms with E-state index in [-0.39, 0.29) is 11.9 Å². The quantitative estimate of drug-likeness (QED) is 0.721. The summed E-state index contributed by atoms with van der Waals surface area (Å²) in [6, 6.07) is 1.26. The molecule has 0 unspecified atom stereocenters. The monoisotopic (exact) mass is 190 g/mol. The highest BCUT2D eigenvalue weighted by Crippen LogP contribution is 2.12. The number of hydrogen-bond donors (Lipinski definition) is 0. The Hall–Kier alpha value is -1.46. The second-order valence-corrected chi connectivity index (χ2v) is 1.99. The average molecular weight is 190 g/mol. The van der Waals surface area contributed by atoms with Gasteiger partial charge < -0.3 is 9.47 Å². The lowest BCUT2D eigenvalue weighted by Gasteiger charge is -2.04. The lowest BCUT2D eigenvalue weighted by atomic mass is 10.6. The lowest BCUT2D eigenvalue weighted by Crippen LogP contribution is -2.05. The minimum absolute atomic E-state index is 0.0284. The summed E-state index contributed by atoms with van der Waals surface area (Å²) in [6.45, 7) is -0.772. The highest BCUT2D eigenvalue weighted by molar-refractivity contribution is 5.10. The second-order valence-electron chi connectivity index (χ2n) is 1.99. The van der Waals surface area contributed by atoms with Crippen molar-refractivity contribution >= 4 is 0 Å². The number of nitrogens with zero attached hydrogens (tertiary/aromatic N) is 2. The van der Waals surface area contributed by atoms with Gasteiger partial charge in [0.05, 0.1) is 6.61 Å². The molecule has 0 saturated carbocycles. The van der Waals surface area contributed by atoms with Gasteiger partial charge in [-0.15, -0.1) is 0 Å². The van der Waals surface area contributed by atoms with Gasteiger partial charge >= 0.3 is 12.6 Å². The van der Waals surface area contributed by atoms with Gasteiger partial charge in [-0.05, 0) is 6.92 Å². The fourth-order valence-corrected chi connectivity index (χ4v) is 0.681. The van der Waals surface area contributed by atoms with E-state index < -0.39 is 6.61 Å². The first-order valence-electron chi connectivity index (χ1n) is 3.63. The molecule has 0 bridgehead atoms. The molecule has 72 valence electrons. The molecule has 0 atom stereocenters. The Bertz CT molecular complexity index is 270. The first kappa shape index (κ1) is 9.63. The van der Waals surface area contributed by atoms with Crippen LogP contribution in [0, 0.1) is 0 Å². The van der Waals surface area contributed by atoms with Crippen LogP contribution < -0.4 is 9.47 Å². The molecule has 0 aliphatic carbocycles. The smallest absolute Gasteiger partial charge is 0.388 e. The average Bonchev–Trinajstić information content (AvgIpc) is 2.04. The maximum absolute atomic E-state index is 11.7. The van der Waals surface area contributed by atoms with Gasteiger partial charge in [0.2, 0.25) is 5.88 Å². The van der Waals surface area contributed by atoms with Crippen molar-refractivity contribution in [2.75, 3.05) is 6.61 Å². The molecule has 0 saturated heterocycles. The summed E-state index contributed by atoms with van der Waals surface area (Å²) in [5, 5.41) is 0. The van der Waals surface area contributed by atoms with Crippen LogP contribution in [0.1, 0.15) is 6.92 Å². The van der Waals surface area contributed by atoms with Crippen molar-refractivity contribution in [2.24, 2.45) is 0 Å². The number of rotatable bonds is 4. The summed E-state index contributed by atoms with van der Waals surface area (Å²) in [4.78, 5) is 7.25. The second kappa shape index (κ2) is 4.54. The molecule has 1 aromatic rings. The molecule has 0 aliphatic rings. The molecule has 13 heavy (non-hydrogen) atoms. The predicted molar refractivity (Wildman–Crippen MR) is 39.8 cm³/mol. The van der Waals surface area contributed by atoms with Crippen LogP contribution in [0.2, 0.25) is 0 Å². The number of halogens is 2.